The van der Waals surface area contributed by atoms with Crippen LogP contribution in [0.25, 0.3) is 5.76 Å². The van der Waals surface area contributed by atoms with Crippen molar-refractivity contribution in [2.75, 3.05) is 32.7 Å². The number of carbonyl (C=O) groups excluding carboxylic acids is 1. The van der Waals surface area contributed by atoms with Crippen LogP contribution in [-0.2, 0) is 11.2 Å². The van der Waals surface area contributed by atoms with Gasteiger partial charge in [-0.1, -0.05) is 59.6 Å². The third-order valence-corrected chi connectivity index (χ3v) is 8.19. The summed E-state index contributed by atoms with van der Waals surface area (Å²) in [6.07, 6.45) is 8.28. The number of phenolic OH excluding ortho intramolecular Hbond substituents is 1. The number of benzene rings is 3. The maximum atomic E-state index is 13.1. The van der Waals surface area contributed by atoms with E-state index in [1.54, 1.807) is 30.5 Å². The van der Waals surface area contributed by atoms with Crippen molar-refractivity contribution in [2.45, 2.75) is 25.2 Å². The molecule has 0 aliphatic carbocycles. The SMILES string of the molecule is O=C(NCCc1ccc(Cl)c(Cl)c1)c1ccccc1C1CCN(CCN2C=COC(c3cccc(O)c3)=C2)CC1. The van der Waals surface area contributed by atoms with Crippen molar-refractivity contribution >= 4 is 34.9 Å². The molecule has 0 bridgehead atoms. The van der Waals surface area contributed by atoms with E-state index in [9.17, 15) is 9.90 Å². The lowest BCUT2D eigenvalue weighted by Gasteiger charge is -2.34. The van der Waals surface area contributed by atoms with E-state index >= 15 is 0 Å². The van der Waals surface area contributed by atoms with Crippen LogP contribution in [0.2, 0.25) is 10.0 Å². The summed E-state index contributed by atoms with van der Waals surface area (Å²) in [5, 5.41) is 13.9. The first kappa shape index (κ1) is 28.1. The molecule has 0 radical (unpaired) electrons. The summed E-state index contributed by atoms with van der Waals surface area (Å²) in [5.74, 6) is 1.25. The van der Waals surface area contributed by atoms with Gasteiger partial charge in [-0.05, 0) is 79.7 Å². The molecule has 0 unspecified atom stereocenters. The normalized spacial score (nSPS) is 15.9. The van der Waals surface area contributed by atoms with Crippen molar-refractivity contribution in [3.8, 4) is 5.75 Å². The van der Waals surface area contributed by atoms with Crippen LogP contribution in [0.15, 0.2) is 85.4 Å². The van der Waals surface area contributed by atoms with Gasteiger partial charge in [-0.25, -0.2) is 0 Å². The molecule has 5 rings (SSSR count). The molecule has 1 fully saturated rings. The maximum Gasteiger partial charge on any atom is 0.251 e. The molecule has 3 aromatic rings. The minimum atomic E-state index is -0.0356. The molecule has 0 atom stereocenters. The number of hydrogen-bond donors (Lipinski definition) is 2. The number of piperidine rings is 1. The number of likely N-dealkylation sites (tertiary alicyclic amines) is 1. The highest BCUT2D eigenvalue weighted by Crippen LogP contribution is 2.31. The fourth-order valence-corrected chi connectivity index (χ4v) is 5.56. The Hall–Kier alpha value is -3.45. The number of halogens is 2. The summed E-state index contributed by atoms with van der Waals surface area (Å²) in [7, 11) is 0. The molecule has 0 saturated carbocycles. The van der Waals surface area contributed by atoms with Crippen molar-refractivity contribution in [3.63, 3.8) is 0 Å². The zero-order valence-electron chi connectivity index (χ0n) is 22.2. The second-order valence-corrected chi connectivity index (χ2v) is 11.0. The van der Waals surface area contributed by atoms with Gasteiger partial charge in [-0.3, -0.25) is 4.79 Å². The number of nitrogens with zero attached hydrogens (tertiary/aromatic N) is 2. The van der Waals surface area contributed by atoms with Gasteiger partial charge in [-0.15, -0.1) is 0 Å². The van der Waals surface area contributed by atoms with Crippen molar-refractivity contribution < 1.29 is 14.6 Å². The first-order valence-corrected chi connectivity index (χ1v) is 14.4. The highest BCUT2D eigenvalue weighted by molar-refractivity contribution is 6.42. The van der Waals surface area contributed by atoms with Gasteiger partial charge in [0, 0.05) is 43.2 Å². The topological polar surface area (TPSA) is 65.0 Å². The lowest BCUT2D eigenvalue weighted by molar-refractivity contribution is 0.0951. The second kappa shape index (κ2) is 13.3. The molecular formula is C32H33Cl2N3O3. The maximum absolute atomic E-state index is 13.1. The Bertz CT molecular complexity index is 1400. The molecule has 8 heteroatoms. The molecule has 3 aromatic carbocycles. The zero-order valence-corrected chi connectivity index (χ0v) is 23.7. The average molecular weight is 579 g/mol. The van der Waals surface area contributed by atoms with Crippen molar-refractivity contribution in [1.82, 2.24) is 15.1 Å². The molecule has 1 amide bonds. The Labute approximate surface area is 245 Å². The molecule has 2 heterocycles. The Balaban J connectivity index is 1.11. The molecule has 2 aliphatic heterocycles. The lowest BCUT2D eigenvalue weighted by Crippen LogP contribution is -2.38. The summed E-state index contributed by atoms with van der Waals surface area (Å²) >= 11 is 12.1. The minimum Gasteiger partial charge on any atom is -0.508 e. The van der Waals surface area contributed by atoms with Gasteiger partial charge in [-0.2, -0.15) is 0 Å². The van der Waals surface area contributed by atoms with Crippen LogP contribution in [0.3, 0.4) is 0 Å². The van der Waals surface area contributed by atoms with E-state index in [0.29, 0.717) is 34.7 Å². The molecule has 0 spiro atoms. The van der Waals surface area contributed by atoms with E-state index < -0.39 is 0 Å². The number of aromatic hydroxyl groups is 1. The Morgan fingerprint density at radius 3 is 2.60 bits per heavy atom. The molecular weight excluding hydrogens is 545 g/mol. The number of phenols is 1. The number of carbonyl (C=O) groups is 1. The number of nitrogens with one attached hydrogen (secondary N) is 1. The van der Waals surface area contributed by atoms with Crippen molar-refractivity contribution in [1.29, 1.82) is 0 Å². The van der Waals surface area contributed by atoms with Gasteiger partial charge < -0.3 is 25.0 Å². The fourth-order valence-electron chi connectivity index (χ4n) is 5.24. The van der Waals surface area contributed by atoms with Gasteiger partial charge in [0.25, 0.3) is 5.91 Å². The molecule has 2 aliphatic rings. The van der Waals surface area contributed by atoms with E-state index in [-0.39, 0.29) is 11.7 Å². The highest BCUT2D eigenvalue weighted by Gasteiger charge is 2.24. The molecule has 1 saturated heterocycles. The molecule has 2 N–H and O–H groups in total. The Morgan fingerprint density at radius 2 is 1.80 bits per heavy atom. The minimum absolute atomic E-state index is 0.0356. The van der Waals surface area contributed by atoms with E-state index in [1.807, 2.05) is 48.8 Å². The summed E-state index contributed by atoms with van der Waals surface area (Å²) in [5.41, 5.74) is 3.77. The van der Waals surface area contributed by atoms with Gasteiger partial charge in [0.05, 0.1) is 10.0 Å². The van der Waals surface area contributed by atoms with Crippen LogP contribution < -0.4 is 5.32 Å². The number of amides is 1. The number of rotatable bonds is 9. The summed E-state index contributed by atoms with van der Waals surface area (Å²) in [4.78, 5) is 17.7. The van der Waals surface area contributed by atoms with Crippen LogP contribution in [0.5, 0.6) is 5.75 Å². The van der Waals surface area contributed by atoms with Crippen LogP contribution in [0, 0.1) is 0 Å². The Morgan fingerprint density at radius 1 is 0.975 bits per heavy atom. The van der Waals surface area contributed by atoms with Gasteiger partial charge in [0.15, 0.2) is 0 Å². The van der Waals surface area contributed by atoms with Gasteiger partial charge in [0.1, 0.15) is 17.8 Å². The van der Waals surface area contributed by atoms with Gasteiger partial charge >= 0.3 is 0 Å². The number of ether oxygens (including phenoxy) is 1. The molecule has 40 heavy (non-hydrogen) atoms. The van der Waals surface area contributed by atoms with Gasteiger partial charge in [0.2, 0.25) is 0 Å². The molecule has 6 nitrogen and oxygen atoms in total. The van der Waals surface area contributed by atoms with Crippen LogP contribution in [-0.4, -0.2) is 53.5 Å². The van der Waals surface area contributed by atoms with Crippen molar-refractivity contribution in [3.05, 3.63) is 118 Å². The van der Waals surface area contributed by atoms with E-state index in [2.05, 4.69) is 21.2 Å². The van der Waals surface area contributed by atoms with Crippen LogP contribution in [0.1, 0.15) is 45.8 Å². The first-order valence-electron chi connectivity index (χ1n) is 13.6. The lowest BCUT2D eigenvalue weighted by atomic mass is 9.86. The predicted molar refractivity (Wildman–Crippen MR) is 160 cm³/mol. The monoisotopic (exact) mass is 577 g/mol. The van der Waals surface area contributed by atoms with E-state index in [4.69, 9.17) is 27.9 Å². The number of hydrogen-bond acceptors (Lipinski definition) is 5. The Kier molecular flexibility index (Phi) is 9.32. The molecule has 0 aromatic heterocycles. The van der Waals surface area contributed by atoms with E-state index in [0.717, 1.165) is 61.3 Å². The third-order valence-electron chi connectivity index (χ3n) is 7.45. The summed E-state index contributed by atoms with van der Waals surface area (Å²) < 4.78 is 5.66. The van der Waals surface area contributed by atoms with E-state index in [1.165, 1.54) is 0 Å². The largest absolute Gasteiger partial charge is 0.508 e. The second-order valence-electron chi connectivity index (χ2n) is 10.1. The van der Waals surface area contributed by atoms with Crippen LogP contribution in [0.4, 0.5) is 0 Å². The zero-order chi connectivity index (χ0) is 27.9. The quantitative estimate of drug-likeness (QED) is 0.298. The summed E-state index contributed by atoms with van der Waals surface area (Å²) in [6, 6.07) is 20.6. The fraction of sp³-hybridized carbons (Fsp3) is 0.281. The first-order chi connectivity index (χ1) is 19.5. The summed E-state index contributed by atoms with van der Waals surface area (Å²) in [6.45, 7) is 4.26. The standard InChI is InChI=1S/C32H33Cl2N3O3/c33-29-9-8-23(20-30(29)34)10-13-35-32(39)28-7-2-1-6-27(28)24-11-14-36(15-12-24)16-17-37-18-19-40-31(22-37)25-4-3-5-26(38)21-25/h1-9,18-22,24,38H,10-17H2,(H,35,39). The average Bonchev–Trinajstić information content (AvgIpc) is 2.98. The highest BCUT2D eigenvalue weighted by atomic mass is 35.5. The molecule has 208 valence electrons. The van der Waals surface area contributed by atoms with Crippen LogP contribution >= 0.6 is 23.2 Å². The predicted octanol–water partition coefficient (Wildman–Crippen LogP) is 6.65. The third kappa shape index (κ3) is 7.19. The van der Waals surface area contributed by atoms with Crippen molar-refractivity contribution in [2.24, 2.45) is 0 Å². The smallest absolute Gasteiger partial charge is 0.251 e.